The molecule has 0 aliphatic rings. The van der Waals surface area contributed by atoms with Crippen molar-refractivity contribution in [3.63, 3.8) is 0 Å². The molecule has 0 aliphatic heterocycles. The highest BCUT2D eigenvalue weighted by molar-refractivity contribution is 7.47. The van der Waals surface area contributed by atoms with Crippen molar-refractivity contribution in [2.24, 2.45) is 11.8 Å². The van der Waals surface area contributed by atoms with E-state index in [4.69, 9.17) is 37.0 Å². The van der Waals surface area contributed by atoms with E-state index < -0.39 is 97.5 Å². The van der Waals surface area contributed by atoms with E-state index in [1.807, 2.05) is 0 Å². The van der Waals surface area contributed by atoms with E-state index in [-0.39, 0.29) is 25.7 Å². The first kappa shape index (κ1) is 86.1. The first-order valence-electron chi connectivity index (χ1n) is 36.0. The number of aliphatic hydroxyl groups excluding tert-OH is 1. The zero-order valence-corrected chi connectivity index (χ0v) is 58.8. The molecule has 0 heterocycles. The third-order valence-corrected chi connectivity index (χ3v) is 17.9. The van der Waals surface area contributed by atoms with Crippen LogP contribution in [-0.2, 0) is 65.4 Å². The van der Waals surface area contributed by atoms with Gasteiger partial charge in [-0.3, -0.25) is 37.3 Å². The first-order valence-corrected chi connectivity index (χ1v) is 39.0. The van der Waals surface area contributed by atoms with Gasteiger partial charge in [0.25, 0.3) is 0 Å². The summed E-state index contributed by atoms with van der Waals surface area (Å²) in [4.78, 5) is 72.2. The Morgan fingerprint density at radius 3 is 0.773 bits per heavy atom. The number of hydrogen-bond acceptors (Lipinski definition) is 15. The van der Waals surface area contributed by atoms with E-state index in [1.54, 1.807) is 0 Å². The summed E-state index contributed by atoms with van der Waals surface area (Å²) < 4.78 is 68.0. The van der Waals surface area contributed by atoms with Crippen LogP contribution in [0.4, 0.5) is 0 Å². The van der Waals surface area contributed by atoms with Crippen molar-refractivity contribution in [1.29, 1.82) is 0 Å². The lowest BCUT2D eigenvalue weighted by molar-refractivity contribution is -0.161. The van der Waals surface area contributed by atoms with Gasteiger partial charge >= 0.3 is 39.5 Å². The van der Waals surface area contributed by atoms with Crippen LogP contribution in [0.2, 0.25) is 0 Å². The predicted molar refractivity (Wildman–Crippen MR) is 354 cm³/mol. The minimum Gasteiger partial charge on any atom is -0.462 e. The summed E-state index contributed by atoms with van der Waals surface area (Å²) in [5.41, 5.74) is 0. The molecule has 0 radical (unpaired) electrons. The fraction of sp³-hybridized carbons (Fsp3) is 0.942. The minimum atomic E-state index is -4.95. The fourth-order valence-electron chi connectivity index (χ4n) is 10.4. The number of aliphatic hydroxyl groups is 1. The quantitative estimate of drug-likeness (QED) is 0.0222. The molecular weight excluding hydrogens is 1160 g/mol. The molecule has 0 saturated heterocycles. The third kappa shape index (κ3) is 62.8. The Balaban J connectivity index is 5.08. The molecule has 0 rings (SSSR count). The van der Waals surface area contributed by atoms with Crippen molar-refractivity contribution in [3.05, 3.63) is 0 Å². The molecule has 0 aromatic carbocycles. The average molecular weight is 1300 g/mol. The third-order valence-electron chi connectivity index (χ3n) is 16.0. The minimum absolute atomic E-state index is 0.102. The van der Waals surface area contributed by atoms with Gasteiger partial charge in [0.15, 0.2) is 12.2 Å². The molecule has 3 N–H and O–H groups in total. The SMILES string of the molecule is CCCCCCCCCCCCCCCCCCCCCCCCC(=O)O[C@H](COC(=O)CCCCCCCCCC(C)C)COP(=O)(O)OC[C@@H](O)COP(=O)(O)OC[C@@H](COC(=O)CCCCCCCCC)OC(=O)CCCCCCCCC(C)C. The molecule has 522 valence electrons. The van der Waals surface area contributed by atoms with Gasteiger partial charge in [-0.15, -0.1) is 0 Å². The summed E-state index contributed by atoms with van der Waals surface area (Å²) in [7, 11) is -9.89. The molecule has 88 heavy (non-hydrogen) atoms. The van der Waals surface area contributed by atoms with Crippen LogP contribution in [0, 0.1) is 11.8 Å². The molecular formula is C69H134O17P2. The summed E-state index contributed by atoms with van der Waals surface area (Å²) in [5, 5.41) is 10.5. The monoisotopic (exact) mass is 1300 g/mol. The summed E-state index contributed by atoms with van der Waals surface area (Å²) in [6.45, 7) is 9.33. The Bertz CT molecular complexity index is 1720. The highest BCUT2D eigenvalue weighted by Gasteiger charge is 2.30. The molecule has 0 saturated carbocycles. The Kier molecular flexibility index (Phi) is 59.9. The molecule has 0 spiro atoms. The van der Waals surface area contributed by atoms with E-state index in [2.05, 4.69) is 41.5 Å². The van der Waals surface area contributed by atoms with Gasteiger partial charge in [0, 0.05) is 25.7 Å². The molecule has 0 fully saturated rings. The summed E-state index contributed by atoms with van der Waals surface area (Å²) in [5.74, 6) is -0.764. The number of phosphoric ester groups is 2. The smallest absolute Gasteiger partial charge is 0.462 e. The zero-order valence-electron chi connectivity index (χ0n) is 57.0. The van der Waals surface area contributed by atoms with E-state index in [0.29, 0.717) is 37.5 Å². The number of rotatable bonds is 68. The lowest BCUT2D eigenvalue weighted by Gasteiger charge is -2.21. The van der Waals surface area contributed by atoms with E-state index in [9.17, 15) is 43.2 Å². The maximum Gasteiger partial charge on any atom is 0.472 e. The van der Waals surface area contributed by atoms with Crippen molar-refractivity contribution >= 4 is 39.5 Å². The van der Waals surface area contributed by atoms with Crippen LogP contribution >= 0.6 is 15.6 Å². The molecule has 17 nitrogen and oxygen atoms in total. The van der Waals surface area contributed by atoms with Crippen LogP contribution in [0.1, 0.15) is 350 Å². The molecule has 0 aromatic rings. The normalized spacial score (nSPS) is 14.2. The molecule has 5 atom stereocenters. The van der Waals surface area contributed by atoms with Gasteiger partial charge in [-0.25, -0.2) is 9.13 Å². The van der Waals surface area contributed by atoms with Crippen LogP contribution in [0.25, 0.3) is 0 Å². The molecule has 0 aliphatic carbocycles. The van der Waals surface area contributed by atoms with Gasteiger partial charge in [0.1, 0.15) is 19.3 Å². The van der Waals surface area contributed by atoms with E-state index >= 15 is 0 Å². The number of phosphoric acid groups is 2. The van der Waals surface area contributed by atoms with Crippen LogP contribution in [0.15, 0.2) is 0 Å². The number of carbonyl (C=O) groups excluding carboxylic acids is 4. The van der Waals surface area contributed by atoms with Gasteiger partial charge in [-0.05, 0) is 37.5 Å². The van der Waals surface area contributed by atoms with Crippen LogP contribution < -0.4 is 0 Å². The Hall–Kier alpha value is -1.94. The molecule has 19 heteroatoms. The lowest BCUT2D eigenvalue weighted by atomic mass is 10.0. The Labute approximate surface area is 537 Å². The second-order valence-corrected chi connectivity index (χ2v) is 28.8. The zero-order chi connectivity index (χ0) is 65.0. The van der Waals surface area contributed by atoms with Crippen molar-refractivity contribution in [2.75, 3.05) is 39.6 Å². The van der Waals surface area contributed by atoms with Gasteiger partial charge < -0.3 is 33.8 Å². The van der Waals surface area contributed by atoms with Crippen molar-refractivity contribution in [2.45, 2.75) is 368 Å². The Morgan fingerprint density at radius 2 is 0.523 bits per heavy atom. The molecule has 0 bridgehead atoms. The fourth-order valence-corrected chi connectivity index (χ4v) is 12.0. The highest BCUT2D eigenvalue weighted by Crippen LogP contribution is 2.45. The topological polar surface area (TPSA) is 237 Å². The number of esters is 4. The first-order chi connectivity index (χ1) is 42.4. The summed E-state index contributed by atoms with van der Waals surface area (Å²) in [6, 6.07) is 0. The maximum atomic E-state index is 13.0. The molecule has 2 unspecified atom stereocenters. The van der Waals surface area contributed by atoms with Crippen molar-refractivity contribution in [1.82, 2.24) is 0 Å². The van der Waals surface area contributed by atoms with Crippen LogP contribution in [0.3, 0.4) is 0 Å². The number of ether oxygens (including phenoxy) is 4. The maximum absolute atomic E-state index is 13.0. The van der Waals surface area contributed by atoms with Crippen molar-refractivity contribution < 1.29 is 80.2 Å². The van der Waals surface area contributed by atoms with E-state index in [0.717, 1.165) is 109 Å². The van der Waals surface area contributed by atoms with E-state index in [1.165, 1.54) is 148 Å². The van der Waals surface area contributed by atoms with Gasteiger partial charge in [-0.2, -0.15) is 0 Å². The number of hydrogen-bond donors (Lipinski definition) is 3. The van der Waals surface area contributed by atoms with Crippen LogP contribution in [-0.4, -0.2) is 96.7 Å². The summed E-state index contributed by atoms with van der Waals surface area (Å²) in [6.07, 6.45) is 46.5. The largest absolute Gasteiger partial charge is 0.472 e. The average Bonchev–Trinajstić information content (AvgIpc) is 3.66. The second-order valence-electron chi connectivity index (χ2n) is 25.9. The number of unbranched alkanes of at least 4 members (excludes halogenated alkanes) is 38. The van der Waals surface area contributed by atoms with Gasteiger partial charge in [0.2, 0.25) is 0 Å². The standard InChI is InChI=1S/C69H134O17P2/c1-7-9-11-13-15-16-17-18-19-20-21-22-23-24-25-26-27-28-29-33-41-47-53-68(73)85-64(58-80-67(72)52-46-40-34-30-32-37-43-49-61(3)4)59-83-87(75,76)81-55-63(70)56-82-88(77,78)84-60-65(57-79-66(71)51-45-39-31-14-12-10-8-2)86-69(74)54-48-42-36-35-38-44-50-62(5)6/h61-65,70H,7-60H2,1-6H3,(H,75,76)(H,77,78)/t63-,64-,65-/m1/s1. The lowest BCUT2D eigenvalue weighted by Crippen LogP contribution is -2.30. The molecule has 0 amide bonds. The summed E-state index contributed by atoms with van der Waals surface area (Å²) >= 11 is 0. The number of carbonyl (C=O) groups is 4. The predicted octanol–water partition coefficient (Wildman–Crippen LogP) is 19.6. The van der Waals surface area contributed by atoms with Gasteiger partial charge in [0.05, 0.1) is 26.4 Å². The van der Waals surface area contributed by atoms with Crippen molar-refractivity contribution in [3.8, 4) is 0 Å². The highest BCUT2D eigenvalue weighted by atomic mass is 31.2. The molecule has 0 aromatic heterocycles. The van der Waals surface area contributed by atoms with Gasteiger partial charge in [-0.1, -0.05) is 298 Å². The second kappa shape index (κ2) is 61.3. The Morgan fingerprint density at radius 1 is 0.307 bits per heavy atom. The van der Waals surface area contributed by atoms with Crippen LogP contribution in [0.5, 0.6) is 0 Å².